The first-order valence-electron chi connectivity index (χ1n) is 4.28. The van der Waals surface area contributed by atoms with Gasteiger partial charge in [0.05, 0.1) is 0 Å². The summed E-state index contributed by atoms with van der Waals surface area (Å²) >= 11 is 0. The number of hydrogen-bond donors (Lipinski definition) is 1. The van der Waals surface area contributed by atoms with Crippen molar-refractivity contribution >= 4 is 11.0 Å². The minimum atomic E-state index is 0.144. The van der Waals surface area contributed by atoms with Crippen molar-refractivity contribution in [1.82, 2.24) is 14.5 Å². The molecule has 2 aromatic rings. The van der Waals surface area contributed by atoms with Crippen molar-refractivity contribution in [3.05, 3.63) is 24.8 Å². The van der Waals surface area contributed by atoms with Gasteiger partial charge in [-0.3, -0.25) is 0 Å². The quantitative estimate of drug-likeness (QED) is 0.735. The van der Waals surface area contributed by atoms with Gasteiger partial charge < -0.3 is 10.3 Å². The standard InChI is InChI=1S/C9H12N4/c1-7(10)5-13-3-2-8-4-11-6-12-9(8)13/h2-4,6-7H,5,10H2,1H3. The summed E-state index contributed by atoms with van der Waals surface area (Å²) in [5.74, 6) is 0. The molecule has 2 aromatic heterocycles. The maximum Gasteiger partial charge on any atom is 0.143 e. The van der Waals surface area contributed by atoms with Crippen LogP contribution in [0.1, 0.15) is 6.92 Å². The number of nitrogens with two attached hydrogens (primary N) is 1. The van der Waals surface area contributed by atoms with Gasteiger partial charge >= 0.3 is 0 Å². The fourth-order valence-electron chi connectivity index (χ4n) is 1.39. The minimum absolute atomic E-state index is 0.144. The van der Waals surface area contributed by atoms with E-state index in [4.69, 9.17) is 5.73 Å². The van der Waals surface area contributed by atoms with Crippen molar-refractivity contribution in [2.24, 2.45) is 5.73 Å². The summed E-state index contributed by atoms with van der Waals surface area (Å²) in [4.78, 5) is 8.14. The highest BCUT2D eigenvalue weighted by molar-refractivity contribution is 5.74. The number of aromatic nitrogens is 3. The molecule has 2 rings (SSSR count). The molecule has 0 aromatic carbocycles. The molecule has 0 aliphatic carbocycles. The third-order valence-corrected chi connectivity index (χ3v) is 1.91. The second-order valence-electron chi connectivity index (χ2n) is 3.25. The van der Waals surface area contributed by atoms with Crippen molar-refractivity contribution in [3.63, 3.8) is 0 Å². The van der Waals surface area contributed by atoms with Crippen LogP contribution in [0.3, 0.4) is 0 Å². The molecule has 0 bridgehead atoms. The molecule has 2 heterocycles. The molecule has 68 valence electrons. The van der Waals surface area contributed by atoms with Gasteiger partial charge in [0.25, 0.3) is 0 Å². The first-order valence-corrected chi connectivity index (χ1v) is 4.28. The van der Waals surface area contributed by atoms with Gasteiger partial charge in [-0.25, -0.2) is 9.97 Å². The van der Waals surface area contributed by atoms with E-state index in [2.05, 4.69) is 9.97 Å². The molecular weight excluding hydrogens is 164 g/mol. The van der Waals surface area contributed by atoms with Crippen LogP contribution in [0.25, 0.3) is 11.0 Å². The van der Waals surface area contributed by atoms with E-state index in [9.17, 15) is 0 Å². The second kappa shape index (κ2) is 3.14. The van der Waals surface area contributed by atoms with Gasteiger partial charge in [0.15, 0.2) is 0 Å². The summed E-state index contributed by atoms with van der Waals surface area (Å²) in [7, 11) is 0. The van der Waals surface area contributed by atoms with Crippen molar-refractivity contribution in [2.45, 2.75) is 19.5 Å². The van der Waals surface area contributed by atoms with Gasteiger partial charge in [0, 0.05) is 30.4 Å². The lowest BCUT2D eigenvalue weighted by atomic mass is 10.3. The van der Waals surface area contributed by atoms with Crippen LogP contribution in [0.5, 0.6) is 0 Å². The van der Waals surface area contributed by atoms with Crippen LogP contribution in [0.4, 0.5) is 0 Å². The first-order chi connectivity index (χ1) is 6.27. The lowest BCUT2D eigenvalue weighted by molar-refractivity contribution is 0.602. The summed E-state index contributed by atoms with van der Waals surface area (Å²) in [6.45, 7) is 2.77. The van der Waals surface area contributed by atoms with Crippen LogP contribution in [0.15, 0.2) is 24.8 Å². The molecule has 1 atom stereocenters. The van der Waals surface area contributed by atoms with Crippen molar-refractivity contribution in [3.8, 4) is 0 Å². The monoisotopic (exact) mass is 176 g/mol. The zero-order chi connectivity index (χ0) is 9.26. The van der Waals surface area contributed by atoms with E-state index in [1.165, 1.54) is 0 Å². The predicted octanol–water partition coefficient (Wildman–Crippen LogP) is 0.778. The molecule has 0 spiro atoms. The summed E-state index contributed by atoms with van der Waals surface area (Å²) in [6.07, 6.45) is 5.35. The van der Waals surface area contributed by atoms with Gasteiger partial charge in [0.2, 0.25) is 0 Å². The zero-order valence-corrected chi connectivity index (χ0v) is 7.51. The van der Waals surface area contributed by atoms with Crippen molar-refractivity contribution in [2.75, 3.05) is 0 Å². The van der Waals surface area contributed by atoms with Crippen molar-refractivity contribution < 1.29 is 0 Å². The molecule has 4 heteroatoms. The molecule has 13 heavy (non-hydrogen) atoms. The van der Waals surface area contributed by atoms with Gasteiger partial charge in [-0.2, -0.15) is 0 Å². The third-order valence-electron chi connectivity index (χ3n) is 1.91. The van der Waals surface area contributed by atoms with Gasteiger partial charge in [-0.05, 0) is 13.0 Å². The fraction of sp³-hybridized carbons (Fsp3) is 0.333. The molecule has 4 nitrogen and oxygen atoms in total. The number of rotatable bonds is 2. The topological polar surface area (TPSA) is 56.7 Å². The van der Waals surface area contributed by atoms with Crippen LogP contribution in [-0.4, -0.2) is 20.6 Å². The van der Waals surface area contributed by atoms with E-state index in [0.717, 1.165) is 17.6 Å². The fourth-order valence-corrected chi connectivity index (χ4v) is 1.39. The molecule has 2 N–H and O–H groups in total. The first kappa shape index (κ1) is 8.19. The summed E-state index contributed by atoms with van der Waals surface area (Å²) in [6, 6.07) is 2.14. The van der Waals surface area contributed by atoms with Crippen molar-refractivity contribution in [1.29, 1.82) is 0 Å². The molecule has 0 saturated heterocycles. The molecule has 0 radical (unpaired) electrons. The van der Waals surface area contributed by atoms with Gasteiger partial charge in [0.1, 0.15) is 12.0 Å². The Morgan fingerprint density at radius 1 is 1.62 bits per heavy atom. The Hall–Kier alpha value is -1.42. The van der Waals surface area contributed by atoms with Crippen LogP contribution < -0.4 is 5.73 Å². The normalized spacial score (nSPS) is 13.4. The van der Waals surface area contributed by atoms with E-state index in [-0.39, 0.29) is 6.04 Å². The van der Waals surface area contributed by atoms with E-state index < -0.39 is 0 Å². The highest BCUT2D eigenvalue weighted by Gasteiger charge is 2.02. The molecule has 0 aliphatic heterocycles. The average Bonchev–Trinajstić information content (AvgIpc) is 2.48. The smallest absolute Gasteiger partial charge is 0.143 e. The van der Waals surface area contributed by atoms with E-state index in [1.54, 1.807) is 12.5 Å². The Morgan fingerprint density at radius 3 is 3.23 bits per heavy atom. The zero-order valence-electron chi connectivity index (χ0n) is 7.51. The number of hydrogen-bond acceptors (Lipinski definition) is 3. The molecule has 0 saturated carbocycles. The van der Waals surface area contributed by atoms with Crippen LogP contribution in [-0.2, 0) is 6.54 Å². The molecule has 1 unspecified atom stereocenters. The number of nitrogens with zero attached hydrogens (tertiary/aromatic N) is 3. The SMILES string of the molecule is CC(N)Cn1ccc2cncnc21. The van der Waals surface area contributed by atoms with Crippen LogP contribution in [0.2, 0.25) is 0 Å². The Kier molecular flexibility index (Phi) is 1.98. The lowest BCUT2D eigenvalue weighted by Crippen LogP contribution is -2.21. The Bertz CT molecular complexity index is 405. The largest absolute Gasteiger partial charge is 0.331 e. The summed E-state index contributed by atoms with van der Waals surface area (Å²) in [5.41, 5.74) is 6.66. The Morgan fingerprint density at radius 2 is 2.46 bits per heavy atom. The van der Waals surface area contributed by atoms with Crippen LogP contribution in [0, 0.1) is 0 Å². The maximum atomic E-state index is 5.71. The van der Waals surface area contributed by atoms with E-state index >= 15 is 0 Å². The predicted molar refractivity (Wildman–Crippen MR) is 51.2 cm³/mol. The minimum Gasteiger partial charge on any atom is -0.331 e. The summed E-state index contributed by atoms with van der Waals surface area (Å²) < 4.78 is 2.04. The Balaban J connectivity index is 2.46. The van der Waals surface area contributed by atoms with Gasteiger partial charge in [-0.1, -0.05) is 0 Å². The maximum absolute atomic E-state index is 5.71. The average molecular weight is 176 g/mol. The highest BCUT2D eigenvalue weighted by Crippen LogP contribution is 2.10. The second-order valence-corrected chi connectivity index (χ2v) is 3.25. The van der Waals surface area contributed by atoms with Crippen LogP contribution >= 0.6 is 0 Å². The molecule has 0 fully saturated rings. The highest BCUT2D eigenvalue weighted by atomic mass is 15.1. The third kappa shape index (κ3) is 1.53. The summed E-state index contributed by atoms with van der Waals surface area (Å²) in [5, 5.41) is 1.06. The number of fused-ring (bicyclic) bond motifs is 1. The lowest BCUT2D eigenvalue weighted by Gasteiger charge is -2.06. The molecular formula is C9H12N4. The van der Waals surface area contributed by atoms with E-state index in [0.29, 0.717) is 0 Å². The van der Waals surface area contributed by atoms with E-state index in [1.807, 2.05) is 23.8 Å². The Labute approximate surface area is 76.4 Å². The molecule has 0 amide bonds. The van der Waals surface area contributed by atoms with Gasteiger partial charge in [-0.15, -0.1) is 0 Å². The molecule has 0 aliphatic rings.